The van der Waals surface area contributed by atoms with E-state index in [4.69, 9.17) is 11.6 Å². The van der Waals surface area contributed by atoms with Gasteiger partial charge in [-0.05, 0) is 44.0 Å². The maximum Gasteiger partial charge on any atom is 0.0449 e. The summed E-state index contributed by atoms with van der Waals surface area (Å²) in [6, 6.07) is 6.58. The summed E-state index contributed by atoms with van der Waals surface area (Å²) >= 11 is 9.58. The molecule has 0 spiro atoms. The zero-order valence-corrected chi connectivity index (χ0v) is 11.7. The van der Waals surface area contributed by atoms with E-state index in [1.54, 1.807) is 0 Å². The molecule has 0 radical (unpaired) electrons. The van der Waals surface area contributed by atoms with Crippen LogP contribution in [-0.4, -0.2) is 13.1 Å². The van der Waals surface area contributed by atoms with Gasteiger partial charge in [0.15, 0.2) is 0 Å². The molecule has 84 valence electrons. The molecule has 0 bridgehead atoms. The van der Waals surface area contributed by atoms with Gasteiger partial charge in [0.1, 0.15) is 0 Å². The van der Waals surface area contributed by atoms with Gasteiger partial charge in [0.25, 0.3) is 0 Å². The molecular weight excluding hydrogens is 273 g/mol. The van der Waals surface area contributed by atoms with Crippen LogP contribution in [-0.2, 0) is 6.42 Å². The van der Waals surface area contributed by atoms with Gasteiger partial charge in [-0.15, -0.1) is 0 Å². The van der Waals surface area contributed by atoms with E-state index in [1.807, 2.05) is 19.2 Å². The highest BCUT2D eigenvalue weighted by Crippen LogP contribution is 2.24. The Morgan fingerprint density at radius 3 is 2.60 bits per heavy atom. The summed E-state index contributed by atoms with van der Waals surface area (Å²) in [5.41, 5.74) is 1.22. The first-order valence-electron chi connectivity index (χ1n) is 5.15. The van der Waals surface area contributed by atoms with Crippen LogP contribution >= 0.6 is 27.5 Å². The normalized spacial score (nSPS) is 15.0. The van der Waals surface area contributed by atoms with Crippen molar-refractivity contribution in [1.29, 1.82) is 0 Å². The number of hydrogen-bond donors (Lipinski definition) is 1. The fourth-order valence-corrected chi connectivity index (χ4v) is 2.25. The molecule has 0 saturated heterocycles. The Hall–Kier alpha value is -0.0500. The average Bonchev–Trinajstić information content (AvgIpc) is 2.20. The van der Waals surface area contributed by atoms with Gasteiger partial charge in [-0.3, -0.25) is 0 Å². The summed E-state index contributed by atoms with van der Waals surface area (Å²) in [5, 5.41) is 4.11. The van der Waals surface area contributed by atoms with E-state index in [0.29, 0.717) is 12.0 Å². The van der Waals surface area contributed by atoms with E-state index in [1.165, 1.54) is 5.56 Å². The highest BCUT2D eigenvalue weighted by atomic mass is 79.9. The van der Waals surface area contributed by atoms with Crippen molar-refractivity contribution in [1.82, 2.24) is 5.32 Å². The van der Waals surface area contributed by atoms with Gasteiger partial charge < -0.3 is 5.32 Å². The minimum atomic E-state index is 0.504. The van der Waals surface area contributed by atoms with Gasteiger partial charge in [-0.1, -0.05) is 40.5 Å². The molecule has 0 aliphatic carbocycles. The monoisotopic (exact) mass is 289 g/mol. The standard InChI is InChI=1S/C12H17BrClN/c1-8(9(2)15-3)6-10-4-5-11(13)7-12(10)14/h4-5,7-9,15H,6H2,1-3H3. The van der Waals surface area contributed by atoms with Gasteiger partial charge in [-0.2, -0.15) is 0 Å². The molecule has 3 heteroatoms. The molecule has 0 aromatic heterocycles. The fourth-order valence-electron chi connectivity index (χ4n) is 1.50. The lowest BCUT2D eigenvalue weighted by Crippen LogP contribution is -2.29. The number of nitrogens with one attached hydrogen (secondary N) is 1. The van der Waals surface area contributed by atoms with Crippen LogP contribution in [0.2, 0.25) is 5.02 Å². The minimum absolute atomic E-state index is 0.504. The van der Waals surface area contributed by atoms with Crippen LogP contribution in [0.1, 0.15) is 19.4 Å². The Morgan fingerprint density at radius 1 is 1.40 bits per heavy atom. The lowest BCUT2D eigenvalue weighted by molar-refractivity contribution is 0.424. The Kier molecular flexibility index (Phi) is 5.10. The number of halogens is 2. The zero-order valence-electron chi connectivity index (χ0n) is 9.35. The molecule has 0 aliphatic rings. The number of rotatable bonds is 4. The van der Waals surface area contributed by atoms with Gasteiger partial charge in [0, 0.05) is 15.5 Å². The third-order valence-corrected chi connectivity index (χ3v) is 3.71. The maximum atomic E-state index is 6.17. The van der Waals surface area contributed by atoms with Crippen molar-refractivity contribution in [2.24, 2.45) is 5.92 Å². The second kappa shape index (κ2) is 5.88. The van der Waals surface area contributed by atoms with E-state index in [0.717, 1.165) is 15.9 Å². The van der Waals surface area contributed by atoms with Crippen LogP contribution in [0, 0.1) is 5.92 Å². The molecule has 1 aromatic carbocycles. The molecule has 1 rings (SSSR count). The molecule has 2 atom stereocenters. The van der Waals surface area contributed by atoms with Gasteiger partial charge in [-0.25, -0.2) is 0 Å². The summed E-state index contributed by atoms with van der Waals surface area (Å²) in [6.45, 7) is 4.43. The third kappa shape index (κ3) is 3.78. The zero-order chi connectivity index (χ0) is 11.4. The van der Waals surface area contributed by atoms with Crippen LogP contribution in [0.5, 0.6) is 0 Å². The summed E-state index contributed by atoms with van der Waals surface area (Å²) < 4.78 is 1.03. The van der Waals surface area contributed by atoms with Crippen molar-refractivity contribution >= 4 is 27.5 Å². The van der Waals surface area contributed by atoms with Gasteiger partial charge in [0.2, 0.25) is 0 Å². The Labute approximate surface area is 105 Å². The van der Waals surface area contributed by atoms with E-state index in [9.17, 15) is 0 Å². The summed E-state index contributed by atoms with van der Waals surface area (Å²) in [4.78, 5) is 0. The lowest BCUT2D eigenvalue weighted by atomic mass is 9.95. The summed E-state index contributed by atoms with van der Waals surface area (Å²) in [7, 11) is 1.99. The predicted octanol–water partition coefficient (Wildman–Crippen LogP) is 3.89. The topological polar surface area (TPSA) is 12.0 Å². The average molecular weight is 291 g/mol. The first-order valence-corrected chi connectivity index (χ1v) is 6.33. The quantitative estimate of drug-likeness (QED) is 0.887. The second-order valence-corrected chi connectivity index (χ2v) is 5.32. The van der Waals surface area contributed by atoms with E-state index >= 15 is 0 Å². The molecule has 1 N–H and O–H groups in total. The molecule has 0 aliphatic heterocycles. The number of benzene rings is 1. The first kappa shape index (κ1) is 13.0. The van der Waals surface area contributed by atoms with Gasteiger partial charge in [0.05, 0.1) is 0 Å². The Bertz CT molecular complexity index is 327. The lowest BCUT2D eigenvalue weighted by Gasteiger charge is -2.19. The third-order valence-electron chi connectivity index (χ3n) is 2.87. The maximum absolute atomic E-state index is 6.17. The van der Waals surface area contributed by atoms with Crippen molar-refractivity contribution in [3.63, 3.8) is 0 Å². The van der Waals surface area contributed by atoms with Gasteiger partial charge >= 0.3 is 0 Å². The van der Waals surface area contributed by atoms with Crippen LogP contribution in [0.15, 0.2) is 22.7 Å². The fraction of sp³-hybridized carbons (Fsp3) is 0.500. The number of hydrogen-bond acceptors (Lipinski definition) is 1. The smallest absolute Gasteiger partial charge is 0.0449 e. The molecule has 0 fully saturated rings. The molecule has 0 heterocycles. The molecule has 15 heavy (non-hydrogen) atoms. The second-order valence-electron chi connectivity index (χ2n) is 3.99. The minimum Gasteiger partial charge on any atom is -0.317 e. The largest absolute Gasteiger partial charge is 0.317 e. The summed E-state index contributed by atoms with van der Waals surface area (Å²) in [5.74, 6) is 0.577. The molecule has 0 amide bonds. The van der Waals surface area contributed by atoms with Crippen LogP contribution in [0.25, 0.3) is 0 Å². The molecule has 0 saturated carbocycles. The molecule has 1 nitrogen and oxygen atoms in total. The first-order chi connectivity index (χ1) is 7.04. The highest BCUT2D eigenvalue weighted by Gasteiger charge is 2.12. The van der Waals surface area contributed by atoms with E-state index in [-0.39, 0.29) is 0 Å². The summed E-state index contributed by atoms with van der Waals surface area (Å²) in [6.07, 6.45) is 1.01. The SMILES string of the molecule is CNC(C)C(C)Cc1ccc(Br)cc1Cl. The Morgan fingerprint density at radius 2 is 2.07 bits per heavy atom. The van der Waals surface area contributed by atoms with Crippen molar-refractivity contribution < 1.29 is 0 Å². The van der Waals surface area contributed by atoms with E-state index < -0.39 is 0 Å². The highest BCUT2D eigenvalue weighted by molar-refractivity contribution is 9.10. The predicted molar refractivity (Wildman–Crippen MR) is 70.5 cm³/mol. The van der Waals surface area contributed by atoms with Crippen molar-refractivity contribution in [3.8, 4) is 0 Å². The molecule has 2 unspecified atom stereocenters. The van der Waals surface area contributed by atoms with Crippen molar-refractivity contribution in [3.05, 3.63) is 33.3 Å². The molecule has 1 aromatic rings. The van der Waals surface area contributed by atoms with Crippen molar-refractivity contribution in [2.45, 2.75) is 26.3 Å². The van der Waals surface area contributed by atoms with E-state index in [2.05, 4.69) is 41.2 Å². The van der Waals surface area contributed by atoms with Crippen molar-refractivity contribution in [2.75, 3.05) is 7.05 Å². The van der Waals surface area contributed by atoms with Crippen LogP contribution in [0.4, 0.5) is 0 Å². The van der Waals surface area contributed by atoms with Crippen LogP contribution in [0.3, 0.4) is 0 Å². The molecular formula is C12H17BrClN. The Balaban J connectivity index is 2.72. The van der Waals surface area contributed by atoms with Crippen LogP contribution < -0.4 is 5.32 Å².